The van der Waals surface area contributed by atoms with Crippen molar-refractivity contribution in [3.63, 3.8) is 0 Å². The van der Waals surface area contributed by atoms with E-state index in [1.165, 1.54) is 6.33 Å². The Balaban J connectivity index is 2.49. The van der Waals surface area contributed by atoms with E-state index in [1.807, 2.05) is 30.3 Å². The van der Waals surface area contributed by atoms with E-state index >= 15 is 0 Å². The van der Waals surface area contributed by atoms with E-state index in [2.05, 4.69) is 20.9 Å². The van der Waals surface area contributed by atoms with Crippen molar-refractivity contribution < 1.29 is 0 Å². The van der Waals surface area contributed by atoms with Crippen LogP contribution in [0.15, 0.2) is 36.7 Å². The highest BCUT2D eigenvalue weighted by Gasteiger charge is 2.00. The molecule has 14 heavy (non-hydrogen) atoms. The van der Waals surface area contributed by atoms with E-state index in [1.54, 1.807) is 0 Å². The molecule has 3 heteroatoms. The molecule has 0 saturated heterocycles. The third-order valence-electron chi connectivity index (χ3n) is 1.73. The maximum atomic E-state index is 5.19. The van der Waals surface area contributed by atoms with Crippen LogP contribution in [0.4, 0.5) is 0 Å². The Morgan fingerprint density at radius 3 is 2.57 bits per heavy atom. The van der Waals surface area contributed by atoms with Gasteiger partial charge in [0, 0.05) is 5.56 Å². The molecule has 0 bridgehead atoms. The predicted molar refractivity (Wildman–Crippen MR) is 53.2 cm³/mol. The molecule has 1 aromatic heterocycles. The largest absolute Gasteiger partial charge is 0.216 e. The molecule has 3 nitrogen and oxygen atoms in total. The van der Waals surface area contributed by atoms with Crippen molar-refractivity contribution in [2.24, 2.45) is 0 Å². The number of aromatic nitrogens is 3. The number of rotatable bonds is 1. The molecular weight excluding hydrogens is 174 g/mol. The summed E-state index contributed by atoms with van der Waals surface area (Å²) in [4.78, 5) is 12.0. The van der Waals surface area contributed by atoms with Crippen LogP contribution < -0.4 is 0 Å². The first-order valence-electron chi connectivity index (χ1n) is 4.11. The van der Waals surface area contributed by atoms with Crippen LogP contribution in [-0.2, 0) is 0 Å². The van der Waals surface area contributed by atoms with Gasteiger partial charge in [-0.15, -0.1) is 6.42 Å². The summed E-state index contributed by atoms with van der Waals surface area (Å²) in [6, 6.07) is 9.64. The van der Waals surface area contributed by atoms with Gasteiger partial charge >= 0.3 is 0 Å². The molecule has 0 N–H and O–H groups in total. The molecule has 1 heterocycles. The summed E-state index contributed by atoms with van der Waals surface area (Å²) >= 11 is 0. The molecule has 0 spiro atoms. The molecule has 2 aromatic rings. The average molecular weight is 181 g/mol. The van der Waals surface area contributed by atoms with Crippen molar-refractivity contribution in [1.82, 2.24) is 15.0 Å². The Labute approximate surface area is 81.9 Å². The summed E-state index contributed by atoms with van der Waals surface area (Å²) < 4.78 is 0. The second-order valence-electron chi connectivity index (χ2n) is 2.64. The standard InChI is InChI=1S/C11H7N3/c1-2-10-12-8-13-11(14-10)9-6-4-3-5-7-9/h1,3-8H. The van der Waals surface area contributed by atoms with Gasteiger partial charge in [-0.3, -0.25) is 0 Å². The van der Waals surface area contributed by atoms with Gasteiger partial charge in [0.1, 0.15) is 6.33 Å². The topological polar surface area (TPSA) is 38.7 Å². The van der Waals surface area contributed by atoms with Gasteiger partial charge in [0.25, 0.3) is 0 Å². The summed E-state index contributed by atoms with van der Waals surface area (Å²) in [6.07, 6.45) is 6.62. The quantitative estimate of drug-likeness (QED) is 0.626. The minimum Gasteiger partial charge on any atom is -0.216 e. The number of nitrogens with zero attached hydrogens (tertiary/aromatic N) is 3. The van der Waals surface area contributed by atoms with Crippen LogP contribution in [0.3, 0.4) is 0 Å². The van der Waals surface area contributed by atoms with Crippen molar-refractivity contribution in [3.8, 4) is 23.7 Å². The van der Waals surface area contributed by atoms with E-state index < -0.39 is 0 Å². The molecule has 0 amide bonds. The third kappa shape index (κ3) is 1.59. The van der Waals surface area contributed by atoms with Gasteiger partial charge < -0.3 is 0 Å². The Morgan fingerprint density at radius 1 is 1.07 bits per heavy atom. The molecule has 0 aliphatic heterocycles. The molecule has 0 radical (unpaired) electrons. The minimum absolute atomic E-state index is 0.360. The molecule has 1 aromatic carbocycles. The second-order valence-corrected chi connectivity index (χ2v) is 2.64. The highest BCUT2D eigenvalue weighted by molar-refractivity contribution is 5.54. The molecule has 0 unspecified atom stereocenters. The normalized spacial score (nSPS) is 9.36. The van der Waals surface area contributed by atoms with Crippen LogP contribution in [-0.4, -0.2) is 15.0 Å². The van der Waals surface area contributed by atoms with E-state index in [0.29, 0.717) is 11.6 Å². The zero-order valence-corrected chi connectivity index (χ0v) is 7.38. The number of benzene rings is 1. The molecule has 0 aliphatic carbocycles. The van der Waals surface area contributed by atoms with Crippen LogP contribution in [0.25, 0.3) is 11.4 Å². The molecular formula is C11H7N3. The lowest BCUT2D eigenvalue weighted by Gasteiger charge is -1.98. The van der Waals surface area contributed by atoms with E-state index in [-0.39, 0.29) is 0 Å². The molecule has 0 saturated carbocycles. The lowest BCUT2D eigenvalue weighted by atomic mass is 10.2. The van der Waals surface area contributed by atoms with Crippen LogP contribution >= 0.6 is 0 Å². The fraction of sp³-hybridized carbons (Fsp3) is 0. The molecule has 2 rings (SSSR count). The van der Waals surface area contributed by atoms with Gasteiger partial charge in [0.15, 0.2) is 5.82 Å². The SMILES string of the molecule is C#Cc1ncnc(-c2ccccc2)n1. The van der Waals surface area contributed by atoms with Crippen LogP contribution in [0.1, 0.15) is 5.82 Å². The van der Waals surface area contributed by atoms with Crippen molar-refractivity contribution in [1.29, 1.82) is 0 Å². The number of hydrogen-bond acceptors (Lipinski definition) is 3. The lowest BCUT2D eigenvalue weighted by Crippen LogP contribution is -1.94. The monoisotopic (exact) mass is 181 g/mol. The van der Waals surface area contributed by atoms with Gasteiger partial charge in [0.05, 0.1) is 0 Å². The fourth-order valence-corrected chi connectivity index (χ4v) is 1.09. The van der Waals surface area contributed by atoms with Gasteiger partial charge in [0.2, 0.25) is 5.82 Å². The summed E-state index contributed by atoms with van der Waals surface area (Å²) in [5.41, 5.74) is 0.936. The maximum Gasteiger partial charge on any atom is 0.208 e. The summed E-state index contributed by atoms with van der Waals surface area (Å²) in [6.45, 7) is 0. The average Bonchev–Trinajstić information content (AvgIpc) is 2.30. The summed E-state index contributed by atoms with van der Waals surface area (Å²) in [7, 11) is 0. The van der Waals surface area contributed by atoms with Gasteiger partial charge in [-0.1, -0.05) is 30.3 Å². The second kappa shape index (κ2) is 3.67. The number of terminal acetylenes is 1. The highest BCUT2D eigenvalue weighted by Crippen LogP contribution is 2.12. The lowest BCUT2D eigenvalue weighted by molar-refractivity contribution is 1.03. The van der Waals surface area contributed by atoms with Crippen molar-refractivity contribution in [3.05, 3.63) is 42.5 Å². The van der Waals surface area contributed by atoms with E-state index in [0.717, 1.165) is 5.56 Å². The first-order chi connectivity index (χ1) is 6.90. The smallest absolute Gasteiger partial charge is 0.208 e. The highest BCUT2D eigenvalue weighted by atomic mass is 15.0. The Hall–Kier alpha value is -2.21. The summed E-state index contributed by atoms with van der Waals surface area (Å²) in [5.74, 6) is 3.34. The van der Waals surface area contributed by atoms with E-state index in [4.69, 9.17) is 6.42 Å². The van der Waals surface area contributed by atoms with Crippen molar-refractivity contribution in [2.45, 2.75) is 0 Å². The zero-order valence-electron chi connectivity index (χ0n) is 7.38. The summed E-state index contributed by atoms with van der Waals surface area (Å²) in [5, 5.41) is 0. The van der Waals surface area contributed by atoms with E-state index in [9.17, 15) is 0 Å². The van der Waals surface area contributed by atoms with Crippen LogP contribution in [0.5, 0.6) is 0 Å². The van der Waals surface area contributed by atoms with Crippen LogP contribution in [0.2, 0.25) is 0 Å². The zero-order chi connectivity index (χ0) is 9.80. The van der Waals surface area contributed by atoms with Gasteiger partial charge in [-0.05, 0) is 5.92 Å². The fourth-order valence-electron chi connectivity index (χ4n) is 1.09. The predicted octanol–water partition coefficient (Wildman–Crippen LogP) is 1.52. The van der Waals surface area contributed by atoms with Crippen molar-refractivity contribution in [2.75, 3.05) is 0 Å². The maximum absolute atomic E-state index is 5.19. The van der Waals surface area contributed by atoms with Gasteiger partial charge in [-0.2, -0.15) is 0 Å². The Kier molecular flexibility index (Phi) is 2.20. The minimum atomic E-state index is 0.360. The first-order valence-corrected chi connectivity index (χ1v) is 4.11. The Morgan fingerprint density at radius 2 is 1.86 bits per heavy atom. The van der Waals surface area contributed by atoms with Crippen LogP contribution in [0, 0.1) is 12.3 Å². The molecule has 0 fully saturated rings. The molecule has 66 valence electrons. The third-order valence-corrected chi connectivity index (χ3v) is 1.73. The van der Waals surface area contributed by atoms with Crippen molar-refractivity contribution >= 4 is 0 Å². The molecule has 0 aliphatic rings. The number of hydrogen-bond donors (Lipinski definition) is 0. The molecule has 0 atom stereocenters. The first kappa shape index (κ1) is 8.39. The Bertz CT molecular complexity index is 471. The van der Waals surface area contributed by atoms with Gasteiger partial charge in [-0.25, -0.2) is 15.0 Å².